The maximum atomic E-state index is 12.7. The molecule has 0 saturated carbocycles. The lowest BCUT2D eigenvalue weighted by atomic mass is 10.1. The van der Waals surface area contributed by atoms with Crippen molar-refractivity contribution in [3.8, 4) is 10.9 Å². The minimum Gasteiger partial charge on any atom is -0.497 e. The number of thiazole rings is 1. The Morgan fingerprint density at radius 1 is 1.07 bits per heavy atom. The zero-order valence-corrected chi connectivity index (χ0v) is 16.9. The van der Waals surface area contributed by atoms with Gasteiger partial charge in [-0.25, -0.2) is 4.98 Å². The fourth-order valence-electron chi connectivity index (χ4n) is 2.92. The van der Waals surface area contributed by atoms with Crippen molar-refractivity contribution in [2.24, 2.45) is 0 Å². The van der Waals surface area contributed by atoms with Crippen molar-refractivity contribution in [3.63, 3.8) is 0 Å². The molecule has 4 aromatic rings. The molecule has 0 saturated heterocycles. The summed E-state index contributed by atoms with van der Waals surface area (Å²) in [5.41, 5.74) is 4.51. The van der Waals surface area contributed by atoms with Crippen LogP contribution < -0.4 is 10.1 Å². The Kier molecular flexibility index (Phi) is 4.60. The molecule has 2 heterocycles. The van der Waals surface area contributed by atoms with Crippen molar-refractivity contribution >= 4 is 33.3 Å². The van der Waals surface area contributed by atoms with Gasteiger partial charge in [-0.05, 0) is 62.2 Å². The van der Waals surface area contributed by atoms with Crippen molar-refractivity contribution in [2.75, 3.05) is 12.4 Å². The van der Waals surface area contributed by atoms with Crippen molar-refractivity contribution in [2.45, 2.75) is 20.8 Å². The molecule has 0 aliphatic carbocycles. The van der Waals surface area contributed by atoms with Gasteiger partial charge in [-0.3, -0.25) is 4.79 Å². The number of carbonyl (C=O) groups is 1. The van der Waals surface area contributed by atoms with E-state index >= 15 is 0 Å². The number of nitrogens with zero attached hydrogens (tertiary/aromatic N) is 3. The molecular weight excluding hydrogens is 372 g/mol. The number of anilines is 1. The largest absolute Gasteiger partial charge is 0.497 e. The number of fused-ring (bicyclic) bond motifs is 1. The van der Waals surface area contributed by atoms with Gasteiger partial charge in [0.2, 0.25) is 5.13 Å². The number of hydrogen-bond donors (Lipinski definition) is 1. The monoisotopic (exact) mass is 392 g/mol. The molecule has 2 aromatic carbocycles. The fourth-order valence-corrected chi connectivity index (χ4v) is 3.88. The highest BCUT2D eigenvalue weighted by molar-refractivity contribution is 7.20. The number of carbonyl (C=O) groups excluding carboxylic acids is 1. The van der Waals surface area contributed by atoms with E-state index in [2.05, 4.69) is 15.4 Å². The minimum absolute atomic E-state index is 0.174. The predicted octanol–water partition coefficient (Wildman–Crippen LogP) is 4.67. The average Bonchev–Trinajstić information content (AvgIpc) is 3.25. The standard InChI is InChI=1S/C21H20N4O2S/c1-12-5-6-15(9-13(12)2)20(26)23-19-10-14(3)24-25(19)21-22-17-8-7-16(27-4)11-18(17)28-21/h5-11H,1-4H3,(H,23,26). The van der Waals surface area contributed by atoms with E-state index in [1.807, 2.05) is 63.2 Å². The van der Waals surface area contributed by atoms with E-state index in [9.17, 15) is 4.79 Å². The Morgan fingerprint density at radius 3 is 2.64 bits per heavy atom. The Bertz CT molecular complexity index is 1190. The summed E-state index contributed by atoms with van der Waals surface area (Å²) in [7, 11) is 1.64. The number of aryl methyl sites for hydroxylation is 3. The third-order valence-electron chi connectivity index (χ3n) is 4.61. The summed E-state index contributed by atoms with van der Waals surface area (Å²) < 4.78 is 7.95. The lowest BCUT2D eigenvalue weighted by Crippen LogP contribution is -2.15. The highest BCUT2D eigenvalue weighted by Gasteiger charge is 2.16. The van der Waals surface area contributed by atoms with Crippen LogP contribution in [-0.4, -0.2) is 27.8 Å². The Hall–Kier alpha value is -3.19. The summed E-state index contributed by atoms with van der Waals surface area (Å²) >= 11 is 1.49. The van der Waals surface area contributed by atoms with Crippen LogP contribution in [0.5, 0.6) is 5.75 Å². The predicted molar refractivity (Wildman–Crippen MR) is 112 cm³/mol. The molecule has 0 spiro atoms. The second-order valence-electron chi connectivity index (χ2n) is 6.67. The topological polar surface area (TPSA) is 69.0 Å². The van der Waals surface area contributed by atoms with Crippen LogP contribution >= 0.6 is 11.3 Å². The van der Waals surface area contributed by atoms with Crippen LogP contribution in [-0.2, 0) is 0 Å². The van der Waals surface area contributed by atoms with Crippen LogP contribution in [0.3, 0.4) is 0 Å². The molecule has 0 atom stereocenters. The number of benzene rings is 2. The third-order valence-corrected chi connectivity index (χ3v) is 5.60. The van der Waals surface area contributed by atoms with Gasteiger partial charge in [-0.15, -0.1) is 0 Å². The van der Waals surface area contributed by atoms with E-state index in [1.165, 1.54) is 11.3 Å². The second-order valence-corrected chi connectivity index (χ2v) is 7.68. The van der Waals surface area contributed by atoms with Crippen LogP contribution in [0.15, 0.2) is 42.5 Å². The second kappa shape index (κ2) is 7.09. The molecule has 1 amide bonds. The molecule has 6 nitrogen and oxygen atoms in total. The molecule has 7 heteroatoms. The molecule has 0 unspecified atom stereocenters. The normalized spacial score (nSPS) is 11.0. The van der Waals surface area contributed by atoms with E-state index < -0.39 is 0 Å². The van der Waals surface area contributed by atoms with Crippen molar-refractivity contribution in [1.29, 1.82) is 0 Å². The van der Waals surface area contributed by atoms with Crippen LogP contribution in [0, 0.1) is 20.8 Å². The molecular formula is C21H20N4O2S. The smallest absolute Gasteiger partial charge is 0.256 e. The van der Waals surface area contributed by atoms with Crippen LogP contribution in [0.1, 0.15) is 27.2 Å². The van der Waals surface area contributed by atoms with Gasteiger partial charge in [0.05, 0.1) is 23.0 Å². The van der Waals surface area contributed by atoms with Crippen LogP contribution in [0.2, 0.25) is 0 Å². The highest BCUT2D eigenvalue weighted by atomic mass is 32.1. The van der Waals surface area contributed by atoms with Crippen molar-refractivity contribution in [1.82, 2.24) is 14.8 Å². The molecule has 142 valence electrons. The molecule has 0 radical (unpaired) electrons. The first-order valence-corrected chi connectivity index (χ1v) is 9.66. The van der Waals surface area contributed by atoms with Crippen LogP contribution in [0.25, 0.3) is 15.3 Å². The molecule has 0 aliphatic heterocycles. The third kappa shape index (κ3) is 3.36. The van der Waals surface area contributed by atoms with Gasteiger partial charge in [0.1, 0.15) is 11.6 Å². The van der Waals surface area contributed by atoms with Crippen molar-refractivity contribution < 1.29 is 9.53 Å². The summed E-state index contributed by atoms with van der Waals surface area (Å²) in [5, 5.41) is 8.17. The number of aromatic nitrogens is 3. The molecule has 1 N–H and O–H groups in total. The quantitative estimate of drug-likeness (QED) is 0.548. The summed E-state index contributed by atoms with van der Waals surface area (Å²) in [6.07, 6.45) is 0. The summed E-state index contributed by atoms with van der Waals surface area (Å²) in [6, 6.07) is 13.2. The molecule has 2 aromatic heterocycles. The number of rotatable bonds is 4. The number of hydrogen-bond acceptors (Lipinski definition) is 5. The fraction of sp³-hybridized carbons (Fsp3) is 0.190. The summed E-state index contributed by atoms with van der Waals surface area (Å²) in [6.45, 7) is 5.91. The summed E-state index contributed by atoms with van der Waals surface area (Å²) in [4.78, 5) is 17.4. The SMILES string of the molecule is COc1ccc2nc(-n3nc(C)cc3NC(=O)c3ccc(C)c(C)c3)sc2c1. The van der Waals surface area contributed by atoms with Gasteiger partial charge in [0.25, 0.3) is 5.91 Å². The van der Waals surface area contributed by atoms with Gasteiger partial charge in [0, 0.05) is 11.6 Å². The first-order chi connectivity index (χ1) is 13.4. The van der Waals surface area contributed by atoms with Gasteiger partial charge < -0.3 is 10.1 Å². The average molecular weight is 392 g/mol. The Labute approximate surface area is 166 Å². The molecule has 0 aliphatic rings. The van der Waals surface area contributed by atoms with Crippen molar-refractivity contribution in [3.05, 3.63) is 64.8 Å². The van der Waals surface area contributed by atoms with Gasteiger partial charge in [0.15, 0.2) is 0 Å². The van der Waals surface area contributed by atoms with Gasteiger partial charge in [-0.2, -0.15) is 9.78 Å². The summed E-state index contributed by atoms with van der Waals surface area (Å²) in [5.74, 6) is 1.20. The lowest BCUT2D eigenvalue weighted by molar-refractivity contribution is 0.102. The molecule has 28 heavy (non-hydrogen) atoms. The maximum absolute atomic E-state index is 12.7. The zero-order chi connectivity index (χ0) is 19.8. The lowest BCUT2D eigenvalue weighted by Gasteiger charge is -2.08. The first kappa shape index (κ1) is 18.2. The van der Waals surface area contributed by atoms with E-state index in [4.69, 9.17) is 4.74 Å². The minimum atomic E-state index is -0.174. The van der Waals surface area contributed by atoms with E-state index in [0.717, 1.165) is 32.8 Å². The molecule has 4 rings (SSSR count). The molecule has 0 bridgehead atoms. The van der Waals surface area contributed by atoms with E-state index in [1.54, 1.807) is 11.8 Å². The zero-order valence-electron chi connectivity index (χ0n) is 16.1. The van der Waals surface area contributed by atoms with E-state index in [0.29, 0.717) is 16.5 Å². The Morgan fingerprint density at radius 2 is 1.89 bits per heavy atom. The highest BCUT2D eigenvalue weighted by Crippen LogP contribution is 2.30. The maximum Gasteiger partial charge on any atom is 0.256 e. The van der Waals surface area contributed by atoms with Crippen LogP contribution in [0.4, 0.5) is 5.82 Å². The number of ether oxygens (including phenoxy) is 1. The van der Waals surface area contributed by atoms with Gasteiger partial charge >= 0.3 is 0 Å². The number of nitrogens with one attached hydrogen (secondary N) is 1. The number of methoxy groups -OCH3 is 1. The van der Waals surface area contributed by atoms with E-state index in [-0.39, 0.29) is 5.91 Å². The molecule has 0 fully saturated rings. The number of amides is 1. The van der Waals surface area contributed by atoms with Gasteiger partial charge in [-0.1, -0.05) is 17.4 Å². The first-order valence-electron chi connectivity index (χ1n) is 8.85. The Balaban J connectivity index is 1.68.